The maximum atomic E-state index is 14.4. The molecule has 1 heterocycles. The van der Waals surface area contributed by atoms with Crippen LogP contribution in [0.5, 0.6) is 5.75 Å². The molecule has 222 valence electrons. The van der Waals surface area contributed by atoms with Crippen molar-refractivity contribution in [2.45, 2.75) is 30.9 Å². The number of rotatable bonds is 12. The van der Waals surface area contributed by atoms with Gasteiger partial charge in [0.15, 0.2) is 11.6 Å². The fraction of sp³-hybridized carbons (Fsp3) is 0.235. The number of aliphatic hydroxyl groups is 1. The highest BCUT2D eigenvalue weighted by Crippen LogP contribution is 2.43. The van der Waals surface area contributed by atoms with Gasteiger partial charge in [0.1, 0.15) is 5.75 Å². The summed E-state index contributed by atoms with van der Waals surface area (Å²) < 4.78 is 14.1. The first-order valence-electron chi connectivity index (χ1n) is 14.0. The molecule has 0 bridgehead atoms. The van der Waals surface area contributed by atoms with Crippen molar-refractivity contribution in [1.82, 2.24) is 5.32 Å². The van der Waals surface area contributed by atoms with Gasteiger partial charge in [-0.25, -0.2) is 4.99 Å². The van der Waals surface area contributed by atoms with E-state index in [0.717, 1.165) is 31.2 Å². The van der Waals surface area contributed by atoms with E-state index in [1.807, 2.05) is 97.1 Å². The highest BCUT2D eigenvalue weighted by atomic mass is 79.9. The maximum Gasteiger partial charge on any atom is 0.252 e. The lowest BCUT2D eigenvalue weighted by atomic mass is 9.82. The van der Waals surface area contributed by atoms with Gasteiger partial charge in [0, 0.05) is 45.5 Å². The summed E-state index contributed by atoms with van der Waals surface area (Å²) in [7, 11) is 0. The van der Waals surface area contributed by atoms with Gasteiger partial charge in [-0.3, -0.25) is 4.79 Å². The molecule has 9 heteroatoms. The highest BCUT2D eigenvalue weighted by molar-refractivity contribution is 9.10. The lowest BCUT2D eigenvalue weighted by Crippen LogP contribution is -2.50. The molecule has 4 aromatic rings. The van der Waals surface area contributed by atoms with E-state index in [-0.39, 0.29) is 12.5 Å². The number of nitrogens with one attached hydrogen (secondary N) is 1. The van der Waals surface area contributed by atoms with E-state index in [4.69, 9.17) is 31.2 Å². The monoisotopic (exact) mass is 724 g/mol. The number of benzene rings is 4. The zero-order valence-corrected chi connectivity index (χ0v) is 27.2. The van der Waals surface area contributed by atoms with E-state index in [1.54, 1.807) is 0 Å². The molecule has 0 aliphatic carbocycles. The Kier molecular flexibility index (Phi) is 10.6. The van der Waals surface area contributed by atoms with Crippen molar-refractivity contribution in [2.75, 3.05) is 19.8 Å². The second-order valence-corrected chi connectivity index (χ2v) is 12.5. The van der Waals surface area contributed by atoms with E-state index in [0.29, 0.717) is 49.1 Å². The molecular weight excluding hydrogens is 696 g/mol. The van der Waals surface area contributed by atoms with Crippen molar-refractivity contribution in [3.63, 3.8) is 0 Å². The summed E-state index contributed by atoms with van der Waals surface area (Å²) >= 11 is 13.4. The Morgan fingerprint density at radius 2 is 1.77 bits per heavy atom. The van der Waals surface area contributed by atoms with Crippen LogP contribution in [0.15, 0.2) is 111 Å². The molecule has 2 atom stereocenters. The predicted molar refractivity (Wildman–Crippen MR) is 177 cm³/mol. The molecule has 0 aromatic heterocycles. The van der Waals surface area contributed by atoms with Crippen molar-refractivity contribution < 1.29 is 19.4 Å². The van der Waals surface area contributed by atoms with E-state index in [2.05, 4.69) is 37.2 Å². The summed E-state index contributed by atoms with van der Waals surface area (Å²) in [5.41, 5.74) is 2.25. The molecule has 6 nitrogen and oxygen atoms in total. The van der Waals surface area contributed by atoms with Crippen LogP contribution in [-0.2, 0) is 22.4 Å². The summed E-state index contributed by atoms with van der Waals surface area (Å²) in [5, 5.41) is 12.9. The number of aliphatic hydroxyl groups excluding tert-OH is 1. The SMILES string of the molecule is O=C(NCCc1cccc(Cl)c1)[C@]1(Cc2ccccc2Br)N=C(c2ccc(OCCCO)cc2)O[C@@H]1c1ccc(Br)cc1. The van der Waals surface area contributed by atoms with Crippen LogP contribution >= 0.6 is 43.5 Å². The molecule has 0 radical (unpaired) electrons. The third kappa shape index (κ3) is 7.68. The van der Waals surface area contributed by atoms with Gasteiger partial charge < -0.3 is 19.9 Å². The normalized spacial score (nSPS) is 17.7. The number of hydrogen-bond acceptors (Lipinski definition) is 5. The first-order chi connectivity index (χ1) is 20.9. The number of nitrogens with zero attached hydrogens (tertiary/aromatic N) is 1. The number of aliphatic imine (C=N–C) groups is 1. The molecule has 0 spiro atoms. The van der Waals surface area contributed by atoms with Crippen molar-refractivity contribution in [3.05, 3.63) is 133 Å². The van der Waals surface area contributed by atoms with Crippen molar-refractivity contribution in [3.8, 4) is 5.75 Å². The molecule has 1 aliphatic rings. The zero-order valence-electron chi connectivity index (χ0n) is 23.3. The van der Waals surface area contributed by atoms with Crippen molar-refractivity contribution >= 4 is 55.3 Å². The Balaban J connectivity index is 1.52. The van der Waals surface area contributed by atoms with Gasteiger partial charge in [-0.05, 0) is 77.7 Å². The van der Waals surface area contributed by atoms with Crippen LogP contribution < -0.4 is 10.1 Å². The van der Waals surface area contributed by atoms with Crippen molar-refractivity contribution in [1.29, 1.82) is 0 Å². The standard InChI is InChI=1S/C34H31Br2ClN2O4/c35-27-13-9-24(10-14-27)31-34(22-26-6-1-2-8-30(26)36,33(41)38-18-17-23-5-3-7-28(37)21-23)39-32(43-31)25-11-15-29(16-12-25)42-20-4-19-40/h1-3,5-16,21,31,40H,4,17-20,22H2,(H,38,41)/t31-,34-/m1/s1. The average molecular weight is 727 g/mol. The van der Waals surface area contributed by atoms with Crippen LogP contribution in [0, 0.1) is 0 Å². The first-order valence-corrected chi connectivity index (χ1v) is 16.0. The van der Waals surface area contributed by atoms with E-state index >= 15 is 0 Å². The van der Waals surface area contributed by atoms with Crippen molar-refractivity contribution in [2.24, 2.45) is 4.99 Å². The van der Waals surface area contributed by atoms with E-state index in [1.165, 1.54) is 0 Å². The number of halogens is 3. The first kappa shape index (κ1) is 31.3. The van der Waals surface area contributed by atoms with Gasteiger partial charge >= 0.3 is 0 Å². The summed E-state index contributed by atoms with van der Waals surface area (Å²) in [6.45, 7) is 0.902. The average Bonchev–Trinajstić information content (AvgIpc) is 3.40. The van der Waals surface area contributed by atoms with Crippen LogP contribution in [0.1, 0.15) is 34.8 Å². The second-order valence-electron chi connectivity index (χ2n) is 10.2. The quantitative estimate of drug-likeness (QED) is 0.149. The van der Waals surface area contributed by atoms with Crippen LogP contribution in [-0.4, -0.2) is 42.2 Å². The summed E-state index contributed by atoms with van der Waals surface area (Å²) in [6.07, 6.45) is 0.796. The van der Waals surface area contributed by atoms with Gasteiger partial charge in [-0.1, -0.05) is 85.9 Å². The maximum absolute atomic E-state index is 14.4. The number of amides is 1. The molecule has 4 aromatic carbocycles. The highest BCUT2D eigenvalue weighted by Gasteiger charge is 2.53. The molecular formula is C34H31Br2ClN2O4. The molecule has 1 amide bonds. The topological polar surface area (TPSA) is 80.2 Å². The second kappa shape index (κ2) is 14.5. The molecule has 1 aliphatic heterocycles. The summed E-state index contributed by atoms with van der Waals surface area (Å²) in [4.78, 5) is 19.5. The Bertz CT molecular complexity index is 1580. The van der Waals surface area contributed by atoms with E-state index in [9.17, 15) is 4.79 Å². The third-order valence-corrected chi connectivity index (χ3v) is 8.75. The van der Waals surface area contributed by atoms with Gasteiger partial charge in [0.05, 0.1) is 6.61 Å². The van der Waals surface area contributed by atoms with Crippen LogP contribution in [0.3, 0.4) is 0 Å². The van der Waals surface area contributed by atoms with Gasteiger partial charge in [0.2, 0.25) is 5.90 Å². The number of carbonyl (C=O) groups excluding carboxylic acids is 1. The van der Waals surface area contributed by atoms with Crippen LogP contribution in [0.2, 0.25) is 5.02 Å². The minimum atomic E-state index is -1.29. The van der Waals surface area contributed by atoms with Crippen LogP contribution in [0.4, 0.5) is 0 Å². The third-order valence-electron chi connectivity index (χ3n) is 7.21. The van der Waals surface area contributed by atoms with Gasteiger partial charge in [-0.15, -0.1) is 0 Å². The molecule has 0 saturated carbocycles. The molecule has 0 saturated heterocycles. The minimum absolute atomic E-state index is 0.0704. The lowest BCUT2D eigenvalue weighted by molar-refractivity contribution is -0.128. The lowest BCUT2D eigenvalue weighted by Gasteiger charge is -2.31. The zero-order chi connectivity index (χ0) is 30.2. The molecule has 5 rings (SSSR count). The summed E-state index contributed by atoms with van der Waals surface area (Å²) in [5.74, 6) is 0.836. The largest absolute Gasteiger partial charge is 0.494 e. The molecule has 2 N–H and O–H groups in total. The Morgan fingerprint density at radius 3 is 2.49 bits per heavy atom. The smallest absolute Gasteiger partial charge is 0.252 e. The molecule has 0 fully saturated rings. The Labute approximate surface area is 273 Å². The fourth-order valence-electron chi connectivity index (χ4n) is 5.02. The summed E-state index contributed by atoms with van der Waals surface area (Å²) in [6, 6.07) is 30.7. The number of ether oxygens (including phenoxy) is 2. The van der Waals surface area contributed by atoms with Gasteiger partial charge in [0.25, 0.3) is 5.91 Å². The minimum Gasteiger partial charge on any atom is -0.494 e. The molecule has 0 unspecified atom stereocenters. The fourth-order valence-corrected chi connectivity index (χ4v) is 5.92. The Morgan fingerprint density at radius 1 is 1.00 bits per heavy atom. The molecule has 43 heavy (non-hydrogen) atoms. The van der Waals surface area contributed by atoms with Crippen LogP contribution in [0.25, 0.3) is 0 Å². The van der Waals surface area contributed by atoms with E-state index < -0.39 is 11.6 Å². The predicted octanol–water partition coefficient (Wildman–Crippen LogP) is 7.48. The van der Waals surface area contributed by atoms with Gasteiger partial charge in [-0.2, -0.15) is 0 Å². The Hall–Kier alpha value is -3.17. The number of hydrogen-bond donors (Lipinski definition) is 2. The number of carbonyl (C=O) groups is 1.